The van der Waals surface area contributed by atoms with Gasteiger partial charge in [-0.2, -0.15) is 0 Å². The number of carbonyl (C=O) groups is 2. The molecule has 0 spiro atoms. The Balaban J connectivity index is 0.00000141. The van der Waals surface area contributed by atoms with E-state index in [0.717, 1.165) is 22.5 Å². The first-order valence-corrected chi connectivity index (χ1v) is 10.7. The summed E-state index contributed by atoms with van der Waals surface area (Å²) in [4.78, 5) is 28.0. The van der Waals surface area contributed by atoms with Gasteiger partial charge in [0.05, 0.1) is 16.8 Å². The normalized spacial score (nSPS) is 10.3. The van der Waals surface area contributed by atoms with E-state index in [-0.39, 0.29) is 11.5 Å². The van der Waals surface area contributed by atoms with Gasteiger partial charge in [0.2, 0.25) is 0 Å². The number of carboxylic acid groups (broad SMARTS) is 1. The Kier molecular flexibility index (Phi) is 7.63. The number of nitrogens with zero attached hydrogens (tertiary/aromatic N) is 2. The minimum absolute atomic E-state index is 0.211. The third-order valence-electron chi connectivity index (χ3n) is 4.75. The average Bonchev–Trinajstić information content (AvgIpc) is 3.22. The van der Waals surface area contributed by atoms with Crippen LogP contribution in [0.1, 0.15) is 51.4 Å². The van der Waals surface area contributed by atoms with Gasteiger partial charge in [0.15, 0.2) is 0 Å². The monoisotopic (exact) mass is 449 g/mol. The minimum atomic E-state index is -0.979. The van der Waals surface area contributed by atoms with Crippen LogP contribution in [0.3, 0.4) is 0 Å². The summed E-state index contributed by atoms with van der Waals surface area (Å²) in [6.07, 6.45) is 4.23. The van der Waals surface area contributed by atoms with Crippen molar-refractivity contribution in [2.24, 2.45) is 0 Å². The summed E-state index contributed by atoms with van der Waals surface area (Å²) in [6, 6.07) is 17.6. The van der Waals surface area contributed by atoms with Crippen LogP contribution in [0, 0.1) is 0 Å². The fourth-order valence-corrected chi connectivity index (χ4v) is 3.35. The van der Waals surface area contributed by atoms with Gasteiger partial charge >= 0.3 is 5.97 Å². The van der Waals surface area contributed by atoms with E-state index >= 15 is 0 Å². The lowest BCUT2D eigenvalue weighted by Gasteiger charge is -2.06. The number of rotatable bonds is 6. The van der Waals surface area contributed by atoms with Gasteiger partial charge in [0.25, 0.3) is 5.91 Å². The van der Waals surface area contributed by atoms with Crippen LogP contribution in [0.25, 0.3) is 5.65 Å². The van der Waals surface area contributed by atoms with E-state index in [2.05, 4.69) is 10.3 Å². The lowest BCUT2D eigenvalue weighted by molar-refractivity contribution is 0.0696. The number of aromatic carboxylic acids is 1. The van der Waals surface area contributed by atoms with Crippen molar-refractivity contribution in [2.75, 3.05) is 0 Å². The summed E-state index contributed by atoms with van der Waals surface area (Å²) in [5.41, 5.74) is 4.14. The van der Waals surface area contributed by atoms with Crippen molar-refractivity contribution >= 4 is 29.1 Å². The number of imidazole rings is 1. The highest BCUT2D eigenvalue weighted by Gasteiger charge is 2.10. The first-order valence-electron chi connectivity index (χ1n) is 10.3. The summed E-state index contributed by atoms with van der Waals surface area (Å²) in [6.45, 7) is 4.30. The van der Waals surface area contributed by atoms with Gasteiger partial charge in [0.1, 0.15) is 5.65 Å². The third kappa shape index (κ3) is 5.53. The first kappa shape index (κ1) is 23.0. The number of amides is 1. The molecule has 0 aliphatic rings. The number of carbonyl (C=O) groups excluding carboxylic acids is 1. The number of fused-ring (bicyclic) bond motifs is 1. The molecule has 4 aromatic rings. The van der Waals surface area contributed by atoms with Crippen LogP contribution in [-0.2, 0) is 13.0 Å². The van der Waals surface area contributed by atoms with Crippen LogP contribution in [-0.4, -0.2) is 26.4 Å². The number of hydrogen-bond donors (Lipinski definition) is 2. The molecule has 0 saturated heterocycles. The van der Waals surface area contributed by atoms with Crippen molar-refractivity contribution < 1.29 is 14.7 Å². The largest absolute Gasteiger partial charge is 0.478 e. The first-order chi connectivity index (χ1) is 15.5. The van der Waals surface area contributed by atoms with Crippen LogP contribution in [0.15, 0.2) is 73.1 Å². The highest BCUT2D eigenvalue weighted by atomic mass is 35.5. The summed E-state index contributed by atoms with van der Waals surface area (Å²) in [5, 5.41) is 12.5. The van der Waals surface area contributed by atoms with E-state index in [1.54, 1.807) is 30.5 Å². The van der Waals surface area contributed by atoms with Gasteiger partial charge in [-0.1, -0.05) is 55.8 Å². The molecule has 4 rings (SSSR count). The van der Waals surface area contributed by atoms with Gasteiger partial charge in [-0.25, -0.2) is 9.78 Å². The molecule has 2 heterocycles. The Labute approximate surface area is 191 Å². The number of nitrogens with one attached hydrogen (secondary N) is 1. The molecule has 0 atom stereocenters. The molecule has 7 heteroatoms. The highest BCUT2D eigenvalue weighted by Crippen LogP contribution is 2.19. The highest BCUT2D eigenvalue weighted by molar-refractivity contribution is 6.31. The van der Waals surface area contributed by atoms with Crippen molar-refractivity contribution in [1.82, 2.24) is 14.7 Å². The minimum Gasteiger partial charge on any atom is -0.478 e. The molecule has 0 radical (unpaired) electrons. The van der Waals surface area contributed by atoms with Gasteiger partial charge in [0, 0.05) is 30.4 Å². The number of benzene rings is 2. The molecular formula is C25H24ClN3O3. The fourth-order valence-electron chi connectivity index (χ4n) is 3.15. The van der Waals surface area contributed by atoms with Crippen LogP contribution in [0.5, 0.6) is 0 Å². The molecule has 0 unspecified atom stereocenters. The van der Waals surface area contributed by atoms with E-state index in [1.165, 1.54) is 12.1 Å². The number of halogens is 1. The van der Waals surface area contributed by atoms with Crippen LogP contribution in [0.4, 0.5) is 0 Å². The lowest BCUT2D eigenvalue weighted by Crippen LogP contribution is -2.23. The molecule has 32 heavy (non-hydrogen) atoms. The maximum Gasteiger partial charge on any atom is 0.335 e. The quantitative estimate of drug-likeness (QED) is 0.422. The average molecular weight is 450 g/mol. The number of pyridine rings is 1. The summed E-state index contributed by atoms with van der Waals surface area (Å²) < 4.78 is 1.82. The second kappa shape index (κ2) is 10.6. The molecule has 0 bridgehead atoms. The summed E-state index contributed by atoms with van der Waals surface area (Å²) >= 11 is 6.23. The molecule has 0 saturated carbocycles. The molecule has 2 N–H and O–H groups in total. The molecule has 0 aliphatic heterocycles. The maximum absolute atomic E-state index is 12.5. The number of aromatic nitrogens is 2. The third-order valence-corrected chi connectivity index (χ3v) is 5.12. The Morgan fingerprint density at radius 2 is 1.66 bits per heavy atom. The SMILES string of the molecule is CC.O=C(O)c1ccc(CNC(=O)c2ccc3nc(Cc4ccccc4Cl)cn3c2)cc1. The Morgan fingerprint density at radius 3 is 2.34 bits per heavy atom. The van der Waals surface area contributed by atoms with E-state index in [1.807, 2.05) is 48.7 Å². The zero-order chi connectivity index (χ0) is 23.1. The molecule has 2 aromatic heterocycles. The van der Waals surface area contributed by atoms with Crippen LogP contribution in [0.2, 0.25) is 5.02 Å². The van der Waals surface area contributed by atoms with E-state index in [9.17, 15) is 9.59 Å². The predicted molar refractivity (Wildman–Crippen MR) is 125 cm³/mol. The van der Waals surface area contributed by atoms with E-state index < -0.39 is 5.97 Å². The van der Waals surface area contributed by atoms with Gasteiger partial charge in [-0.15, -0.1) is 0 Å². The van der Waals surface area contributed by atoms with Crippen LogP contribution < -0.4 is 5.32 Å². The van der Waals surface area contributed by atoms with E-state index in [0.29, 0.717) is 23.6 Å². The van der Waals surface area contributed by atoms with Crippen molar-refractivity contribution in [3.63, 3.8) is 0 Å². The van der Waals surface area contributed by atoms with Crippen LogP contribution >= 0.6 is 11.6 Å². The number of carboxylic acids is 1. The Morgan fingerprint density at radius 1 is 0.969 bits per heavy atom. The fraction of sp³-hybridized carbons (Fsp3) is 0.160. The molecule has 0 aliphatic carbocycles. The van der Waals surface area contributed by atoms with Gasteiger partial charge in [-0.3, -0.25) is 4.79 Å². The zero-order valence-corrected chi connectivity index (χ0v) is 18.6. The summed E-state index contributed by atoms with van der Waals surface area (Å²) in [7, 11) is 0. The zero-order valence-electron chi connectivity index (χ0n) is 17.9. The summed E-state index contributed by atoms with van der Waals surface area (Å²) in [5.74, 6) is -1.20. The topological polar surface area (TPSA) is 83.7 Å². The Bertz CT molecular complexity index is 1230. The van der Waals surface area contributed by atoms with Gasteiger partial charge in [-0.05, 0) is 41.5 Å². The maximum atomic E-state index is 12.5. The molecular weight excluding hydrogens is 426 g/mol. The number of hydrogen-bond acceptors (Lipinski definition) is 3. The second-order valence-electron chi connectivity index (χ2n) is 6.87. The Hall–Kier alpha value is -3.64. The van der Waals surface area contributed by atoms with Crippen molar-refractivity contribution in [3.8, 4) is 0 Å². The molecule has 0 fully saturated rings. The van der Waals surface area contributed by atoms with Crippen molar-refractivity contribution in [2.45, 2.75) is 26.8 Å². The van der Waals surface area contributed by atoms with Crippen molar-refractivity contribution in [3.05, 3.63) is 106 Å². The smallest absolute Gasteiger partial charge is 0.335 e. The van der Waals surface area contributed by atoms with Gasteiger partial charge < -0.3 is 14.8 Å². The van der Waals surface area contributed by atoms with Crippen molar-refractivity contribution in [1.29, 1.82) is 0 Å². The predicted octanol–water partition coefficient (Wildman–Crippen LogP) is 5.23. The molecule has 1 amide bonds. The standard InChI is InChI=1S/C23H18ClN3O3.C2H6/c24-20-4-2-1-3-17(20)11-19-14-27-13-18(9-10-21(27)26-19)22(28)25-12-15-5-7-16(8-6-15)23(29)30;1-2/h1-10,13-14H,11-12H2,(H,25,28)(H,29,30);1-2H3. The molecule has 6 nitrogen and oxygen atoms in total. The molecule has 2 aromatic carbocycles. The lowest BCUT2D eigenvalue weighted by atomic mass is 10.1. The second-order valence-corrected chi connectivity index (χ2v) is 7.28. The molecule has 164 valence electrons. The van der Waals surface area contributed by atoms with E-state index in [4.69, 9.17) is 16.7 Å².